The zero-order chi connectivity index (χ0) is 23.2. The van der Waals surface area contributed by atoms with Crippen LogP contribution in [0.3, 0.4) is 0 Å². The Morgan fingerprint density at radius 3 is 2.48 bits per heavy atom. The third-order valence-electron chi connectivity index (χ3n) is 8.30. The number of benzene rings is 1. The van der Waals surface area contributed by atoms with Gasteiger partial charge in [-0.2, -0.15) is 0 Å². The van der Waals surface area contributed by atoms with Gasteiger partial charge in [0, 0.05) is 25.7 Å². The molecule has 2 amide bonds. The largest absolute Gasteiger partial charge is 0.343 e. The predicted octanol–water partition coefficient (Wildman–Crippen LogP) is 2.82. The van der Waals surface area contributed by atoms with Crippen LogP contribution >= 0.6 is 0 Å². The summed E-state index contributed by atoms with van der Waals surface area (Å²) >= 11 is 0. The van der Waals surface area contributed by atoms with E-state index in [1.165, 1.54) is 18.4 Å². The fourth-order valence-corrected chi connectivity index (χ4v) is 6.05. The Labute approximate surface area is 199 Å². The summed E-state index contributed by atoms with van der Waals surface area (Å²) in [5.74, 6) is 0.957. The molecule has 1 aromatic carbocycles. The lowest BCUT2D eigenvalue weighted by Gasteiger charge is -2.41. The van der Waals surface area contributed by atoms with Crippen LogP contribution in [0, 0.1) is 11.8 Å². The van der Waals surface area contributed by atoms with Crippen LogP contribution in [0.4, 0.5) is 0 Å². The first-order valence-corrected chi connectivity index (χ1v) is 13.1. The van der Waals surface area contributed by atoms with Gasteiger partial charge in [-0.25, -0.2) is 0 Å². The molecule has 1 unspecified atom stereocenters. The summed E-state index contributed by atoms with van der Waals surface area (Å²) in [5, 5.41) is 6.18. The quantitative estimate of drug-likeness (QED) is 0.634. The van der Waals surface area contributed by atoms with Gasteiger partial charge < -0.3 is 20.4 Å². The maximum atomic E-state index is 13.9. The van der Waals surface area contributed by atoms with E-state index in [9.17, 15) is 9.59 Å². The van der Waals surface area contributed by atoms with Crippen molar-refractivity contribution in [1.29, 1.82) is 0 Å². The Bertz CT molecular complexity index is 780. The van der Waals surface area contributed by atoms with Gasteiger partial charge in [-0.3, -0.25) is 9.59 Å². The van der Waals surface area contributed by atoms with Crippen molar-refractivity contribution in [3.05, 3.63) is 35.9 Å². The molecule has 0 bridgehead atoms. The van der Waals surface area contributed by atoms with Crippen molar-refractivity contribution >= 4 is 11.8 Å². The van der Waals surface area contributed by atoms with E-state index < -0.39 is 0 Å². The minimum Gasteiger partial charge on any atom is -0.343 e. The van der Waals surface area contributed by atoms with E-state index >= 15 is 0 Å². The molecule has 4 atom stereocenters. The van der Waals surface area contributed by atoms with Crippen LogP contribution in [-0.2, 0) is 16.0 Å². The first kappa shape index (κ1) is 24.2. The molecule has 3 fully saturated rings. The second-order valence-corrected chi connectivity index (χ2v) is 10.4. The molecule has 2 saturated heterocycles. The van der Waals surface area contributed by atoms with Crippen LogP contribution in [0.1, 0.15) is 57.4 Å². The lowest BCUT2D eigenvalue weighted by Crippen LogP contribution is -2.58. The lowest BCUT2D eigenvalue weighted by atomic mass is 9.83. The van der Waals surface area contributed by atoms with Crippen LogP contribution in [0.5, 0.6) is 0 Å². The number of fused-ring (bicyclic) bond motifs is 1. The Balaban J connectivity index is 1.42. The van der Waals surface area contributed by atoms with Crippen molar-refractivity contribution < 1.29 is 9.59 Å². The van der Waals surface area contributed by atoms with E-state index in [-0.39, 0.29) is 35.9 Å². The maximum Gasteiger partial charge on any atom is 0.245 e. The van der Waals surface area contributed by atoms with Gasteiger partial charge in [-0.1, -0.05) is 49.6 Å². The SMILES string of the molecule is CN[C@@H](C)C(=O)N[C@H](C(=O)N1CCC2CCN(CCc3ccccc3)C[C@H]21)C1CCCCC1. The summed E-state index contributed by atoms with van der Waals surface area (Å²) in [7, 11) is 1.79. The summed E-state index contributed by atoms with van der Waals surface area (Å²) in [6.45, 7) is 5.81. The number of nitrogens with zero attached hydrogens (tertiary/aromatic N) is 2. The zero-order valence-corrected chi connectivity index (χ0v) is 20.5. The highest BCUT2D eigenvalue weighted by atomic mass is 16.2. The molecule has 6 nitrogen and oxygen atoms in total. The van der Waals surface area contributed by atoms with Gasteiger partial charge in [-0.15, -0.1) is 0 Å². The summed E-state index contributed by atoms with van der Waals surface area (Å²) in [6.07, 6.45) is 8.95. The normalized spacial score (nSPS) is 25.9. The molecule has 1 saturated carbocycles. The first-order chi connectivity index (χ1) is 16.1. The molecular weight excluding hydrogens is 412 g/mol. The van der Waals surface area contributed by atoms with Crippen LogP contribution < -0.4 is 10.6 Å². The van der Waals surface area contributed by atoms with Gasteiger partial charge in [0.05, 0.1) is 6.04 Å². The van der Waals surface area contributed by atoms with Gasteiger partial charge in [0.2, 0.25) is 11.8 Å². The Morgan fingerprint density at radius 1 is 1.03 bits per heavy atom. The predicted molar refractivity (Wildman–Crippen MR) is 132 cm³/mol. The molecule has 1 aliphatic carbocycles. The highest BCUT2D eigenvalue weighted by molar-refractivity contribution is 5.90. The second-order valence-electron chi connectivity index (χ2n) is 10.4. The van der Waals surface area contributed by atoms with Gasteiger partial charge in [0.25, 0.3) is 0 Å². The van der Waals surface area contributed by atoms with Gasteiger partial charge in [0.15, 0.2) is 0 Å². The standard InChI is InChI=1S/C27H42N4O2/c1-20(28-2)26(32)29-25(23-11-7-4-8-12-23)27(33)31-18-15-22-14-17-30(19-24(22)31)16-13-21-9-5-3-6-10-21/h3,5-6,9-10,20,22-25,28H,4,7-8,11-19H2,1-2H3,(H,29,32)/t20-,22?,24+,25-/m0/s1. The molecule has 2 heterocycles. The number of hydrogen-bond donors (Lipinski definition) is 2. The smallest absolute Gasteiger partial charge is 0.245 e. The van der Waals surface area contributed by atoms with E-state index in [1.54, 1.807) is 7.05 Å². The monoisotopic (exact) mass is 454 g/mol. The molecule has 2 aliphatic heterocycles. The Hall–Kier alpha value is -1.92. The minimum atomic E-state index is -0.382. The fraction of sp³-hybridized carbons (Fsp3) is 0.704. The molecule has 0 aromatic heterocycles. The van der Waals surface area contributed by atoms with Crippen molar-refractivity contribution in [2.45, 2.75) is 76.4 Å². The Kier molecular flexibility index (Phi) is 8.42. The van der Waals surface area contributed by atoms with E-state index in [2.05, 4.69) is 50.8 Å². The second kappa shape index (κ2) is 11.5. The third-order valence-corrected chi connectivity index (χ3v) is 8.30. The number of hydrogen-bond acceptors (Lipinski definition) is 4. The number of carbonyl (C=O) groups is 2. The molecule has 3 aliphatic rings. The zero-order valence-electron chi connectivity index (χ0n) is 20.5. The van der Waals surface area contributed by atoms with E-state index in [0.717, 1.165) is 64.7 Å². The number of nitrogens with one attached hydrogen (secondary N) is 2. The van der Waals surface area contributed by atoms with Gasteiger partial charge in [0.1, 0.15) is 6.04 Å². The number of likely N-dealkylation sites (N-methyl/N-ethyl adjacent to an activating group) is 1. The number of rotatable bonds is 8. The number of piperidine rings is 1. The summed E-state index contributed by atoms with van der Waals surface area (Å²) in [6, 6.07) is 10.3. The molecule has 1 aromatic rings. The minimum absolute atomic E-state index is 0.0645. The average molecular weight is 455 g/mol. The molecule has 182 valence electrons. The average Bonchev–Trinajstić information content (AvgIpc) is 3.29. The summed E-state index contributed by atoms with van der Waals surface area (Å²) < 4.78 is 0. The first-order valence-electron chi connectivity index (χ1n) is 13.1. The highest BCUT2D eigenvalue weighted by Crippen LogP contribution is 2.34. The summed E-state index contributed by atoms with van der Waals surface area (Å²) in [4.78, 5) is 31.3. The third kappa shape index (κ3) is 5.96. The Morgan fingerprint density at radius 2 is 1.76 bits per heavy atom. The van der Waals surface area contributed by atoms with Crippen molar-refractivity contribution in [2.24, 2.45) is 11.8 Å². The maximum absolute atomic E-state index is 13.9. The summed E-state index contributed by atoms with van der Waals surface area (Å²) in [5.41, 5.74) is 1.37. The van der Waals surface area contributed by atoms with Crippen LogP contribution in [0.25, 0.3) is 0 Å². The lowest BCUT2D eigenvalue weighted by molar-refractivity contribution is -0.140. The topological polar surface area (TPSA) is 64.7 Å². The van der Waals surface area contributed by atoms with E-state index in [0.29, 0.717) is 5.92 Å². The van der Waals surface area contributed by atoms with Crippen LogP contribution in [0.15, 0.2) is 30.3 Å². The van der Waals surface area contributed by atoms with Crippen molar-refractivity contribution in [3.63, 3.8) is 0 Å². The number of carbonyl (C=O) groups excluding carboxylic acids is 2. The van der Waals surface area contributed by atoms with Crippen LogP contribution in [-0.4, -0.2) is 73.0 Å². The molecule has 0 radical (unpaired) electrons. The molecule has 6 heteroatoms. The number of likely N-dealkylation sites (tertiary alicyclic amines) is 2. The van der Waals surface area contributed by atoms with Crippen molar-refractivity contribution in [1.82, 2.24) is 20.4 Å². The van der Waals surface area contributed by atoms with Crippen molar-refractivity contribution in [3.8, 4) is 0 Å². The van der Waals surface area contributed by atoms with E-state index in [1.807, 2.05) is 6.92 Å². The van der Waals surface area contributed by atoms with E-state index in [4.69, 9.17) is 0 Å². The molecule has 0 spiro atoms. The highest BCUT2D eigenvalue weighted by Gasteiger charge is 2.44. The molecule has 4 rings (SSSR count). The number of amides is 2. The molecule has 33 heavy (non-hydrogen) atoms. The van der Waals surface area contributed by atoms with Crippen molar-refractivity contribution in [2.75, 3.05) is 33.2 Å². The fourth-order valence-electron chi connectivity index (χ4n) is 6.05. The van der Waals surface area contributed by atoms with Crippen LogP contribution in [0.2, 0.25) is 0 Å². The van der Waals surface area contributed by atoms with Gasteiger partial charge >= 0.3 is 0 Å². The molecular formula is C27H42N4O2. The van der Waals surface area contributed by atoms with Gasteiger partial charge in [-0.05, 0) is 70.0 Å². The molecule has 2 N–H and O–H groups in total.